The van der Waals surface area contributed by atoms with Crippen LogP contribution in [-0.4, -0.2) is 62.6 Å². The number of nitrogens with zero attached hydrogens (tertiary/aromatic N) is 2. The zero-order valence-corrected chi connectivity index (χ0v) is 26.7. The van der Waals surface area contributed by atoms with Gasteiger partial charge in [-0.3, -0.25) is 9.36 Å². The number of anilines is 1. The van der Waals surface area contributed by atoms with E-state index in [0.717, 1.165) is 0 Å². The first-order chi connectivity index (χ1) is 18.8. The molecule has 12 heteroatoms. The number of carbonyl (C=O) groups is 1. The number of aromatic nitrogens is 2. The van der Waals surface area contributed by atoms with Crippen molar-refractivity contribution in [1.29, 1.82) is 0 Å². The lowest BCUT2D eigenvalue weighted by molar-refractivity contribution is -0.0600. The number of ether oxygens (including phenoxy) is 1. The number of aliphatic hydroxyl groups is 1. The lowest BCUT2D eigenvalue weighted by atomic mass is 10.1. The first-order valence-electron chi connectivity index (χ1n) is 14.1. The number of benzene rings is 1. The van der Waals surface area contributed by atoms with Gasteiger partial charge in [-0.15, -0.1) is 0 Å². The van der Waals surface area contributed by atoms with Crippen molar-refractivity contribution in [3.8, 4) is 0 Å². The van der Waals surface area contributed by atoms with Gasteiger partial charge in [0.1, 0.15) is 24.1 Å². The number of carbonyl (C=O) groups excluding carboxylic acids is 1. The van der Waals surface area contributed by atoms with Gasteiger partial charge >= 0.3 is 22.8 Å². The lowest BCUT2D eigenvalue weighted by Crippen LogP contribution is -2.65. The molecular formula is C28H43N3O7Si2. The van der Waals surface area contributed by atoms with Crippen molar-refractivity contribution < 1.29 is 27.6 Å². The highest BCUT2D eigenvalue weighted by Gasteiger charge is 2.61. The van der Waals surface area contributed by atoms with E-state index in [1.54, 1.807) is 24.3 Å². The van der Waals surface area contributed by atoms with Crippen molar-refractivity contribution in [2.75, 3.05) is 11.9 Å². The van der Waals surface area contributed by atoms with E-state index in [1.165, 1.54) is 16.8 Å². The summed E-state index contributed by atoms with van der Waals surface area (Å²) in [5, 5.41) is 14.1. The van der Waals surface area contributed by atoms with Crippen LogP contribution in [0.5, 0.6) is 0 Å². The number of hydrogen-bond donors (Lipinski definition) is 2. The van der Waals surface area contributed by atoms with Gasteiger partial charge in [-0.1, -0.05) is 73.6 Å². The van der Waals surface area contributed by atoms with Gasteiger partial charge in [0, 0.05) is 11.8 Å². The Bertz CT molecular complexity index is 1220. The summed E-state index contributed by atoms with van der Waals surface area (Å²) in [4.78, 5) is 29.6. The minimum atomic E-state index is -2.97. The molecular weight excluding hydrogens is 546 g/mol. The number of fused-ring (bicyclic) bond motifs is 1. The van der Waals surface area contributed by atoms with Gasteiger partial charge in [-0.2, -0.15) is 4.98 Å². The quantitative estimate of drug-likeness (QED) is 0.446. The number of rotatable bonds is 7. The molecule has 1 amide bonds. The van der Waals surface area contributed by atoms with E-state index in [4.69, 9.17) is 17.7 Å². The molecule has 4 rings (SSSR count). The number of amides is 1. The van der Waals surface area contributed by atoms with Crippen LogP contribution in [-0.2, 0) is 17.7 Å². The Kier molecular flexibility index (Phi) is 9.20. The van der Waals surface area contributed by atoms with Gasteiger partial charge in [0.15, 0.2) is 6.23 Å². The Balaban J connectivity index is 1.64. The Morgan fingerprint density at radius 1 is 0.975 bits per heavy atom. The van der Waals surface area contributed by atoms with Gasteiger partial charge in [0.25, 0.3) is 5.91 Å². The largest absolute Gasteiger partial charge is 0.414 e. The molecule has 4 atom stereocenters. The van der Waals surface area contributed by atoms with E-state index in [1.807, 2.05) is 6.07 Å². The smallest absolute Gasteiger partial charge is 0.351 e. The highest BCUT2D eigenvalue weighted by molar-refractivity contribution is 6.84. The maximum absolute atomic E-state index is 13.1. The summed E-state index contributed by atoms with van der Waals surface area (Å²) < 4.78 is 28.3. The predicted molar refractivity (Wildman–Crippen MR) is 157 cm³/mol. The van der Waals surface area contributed by atoms with Crippen molar-refractivity contribution in [2.45, 2.75) is 102 Å². The third-order valence-electron chi connectivity index (χ3n) is 8.02. The Morgan fingerprint density at radius 3 is 2.12 bits per heavy atom. The number of aliphatic hydroxyl groups excluding tert-OH is 1. The van der Waals surface area contributed by atoms with Gasteiger partial charge in [0.05, 0.1) is 6.61 Å². The molecule has 2 saturated heterocycles. The minimum Gasteiger partial charge on any atom is -0.414 e. The Labute approximate surface area is 238 Å². The van der Waals surface area contributed by atoms with E-state index in [0.29, 0.717) is 5.56 Å². The topological polar surface area (TPSA) is 121 Å². The van der Waals surface area contributed by atoms with Crippen LogP contribution in [0.15, 0.2) is 47.4 Å². The second-order valence-corrected chi connectivity index (χ2v) is 20.8. The molecule has 40 heavy (non-hydrogen) atoms. The van der Waals surface area contributed by atoms with Crippen LogP contribution in [0.2, 0.25) is 22.2 Å². The fraction of sp³-hybridized carbons (Fsp3) is 0.607. The summed E-state index contributed by atoms with van der Waals surface area (Å²) in [5.74, 6) is -0.268. The van der Waals surface area contributed by atoms with Crippen molar-refractivity contribution in [1.82, 2.24) is 9.55 Å². The summed E-state index contributed by atoms with van der Waals surface area (Å²) >= 11 is 0. The van der Waals surface area contributed by atoms with Crippen LogP contribution >= 0.6 is 0 Å². The summed E-state index contributed by atoms with van der Waals surface area (Å²) in [5.41, 5.74) is 0.300. The van der Waals surface area contributed by atoms with Crippen molar-refractivity contribution in [3.63, 3.8) is 0 Å². The van der Waals surface area contributed by atoms with E-state index in [-0.39, 0.29) is 40.5 Å². The average Bonchev–Trinajstić information content (AvgIpc) is 3.18. The van der Waals surface area contributed by atoms with E-state index < -0.39 is 47.4 Å². The maximum Gasteiger partial charge on any atom is 0.351 e. The molecule has 2 N–H and O–H groups in total. The fourth-order valence-corrected chi connectivity index (χ4v) is 17.0. The molecule has 0 aliphatic carbocycles. The molecule has 2 aliphatic rings. The lowest BCUT2D eigenvalue weighted by Gasteiger charge is -2.51. The van der Waals surface area contributed by atoms with Crippen LogP contribution < -0.4 is 11.0 Å². The molecule has 0 bridgehead atoms. The molecule has 1 aromatic carbocycles. The predicted octanol–water partition coefficient (Wildman–Crippen LogP) is 4.71. The summed E-state index contributed by atoms with van der Waals surface area (Å²) in [6.07, 6.45) is -2.05. The van der Waals surface area contributed by atoms with E-state index >= 15 is 0 Å². The van der Waals surface area contributed by atoms with Crippen LogP contribution in [0.1, 0.15) is 72.0 Å². The highest BCUT2D eigenvalue weighted by atomic mass is 28.5. The molecule has 2 fully saturated rings. The molecule has 1 unspecified atom stereocenters. The first kappa shape index (κ1) is 30.8. The average molecular weight is 590 g/mol. The van der Waals surface area contributed by atoms with Gasteiger partial charge < -0.3 is 28.1 Å². The SMILES string of the molecule is CC(C)[Si]1(C(C)C)OC[C@H]2O[C@@H](n3ccc(NC(=O)c4ccccc4)nc3=O)[C@H](O)C2O[Si](C(C)C)(C(C)C)O1. The standard InChI is InChI=1S/C28H43N3O7Si2/c1-17(2)39(18(3)4)35-16-22-25(37-40(38-39,19(5)6)20(7)8)24(32)27(36-22)31-15-14-23(30-28(31)34)29-26(33)21-12-10-9-11-13-21/h9-15,17-20,22,24-25,27,32H,16H2,1-8H3,(H,29,30,33,34)/t22-,24-,25?,27-/m1/s1. The number of hydrogen-bond acceptors (Lipinski definition) is 8. The van der Waals surface area contributed by atoms with Crippen LogP contribution in [0.3, 0.4) is 0 Å². The molecule has 0 saturated carbocycles. The second-order valence-electron chi connectivity index (χ2n) is 11.9. The molecule has 220 valence electrons. The van der Waals surface area contributed by atoms with Crippen molar-refractivity contribution in [2.24, 2.45) is 0 Å². The maximum atomic E-state index is 13.1. The number of nitrogens with one attached hydrogen (secondary N) is 1. The summed E-state index contributed by atoms with van der Waals surface area (Å²) in [6.45, 7) is 17.2. The third kappa shape index (κ3) is 5.63. The molecule has 0 radical (unpaired) electrons. The summed E-state index contributed by atoms with van der Waals surface area (Å²) in [6, 6.07) is 10.2. The summed E-state index contributed by atoms with van der Waals surface area (Å²) in [7, 11) is -5.74. The molecule has 2 aliphatic heterocycles. The van der Waals surface area contributed by atoms with Crippen molar-refractivity contribution in [3.05, 3.63) is 58.6 Å². The minimum absolute atomic E-state index is 0.0855. The van der Waals surface area contributed by atoms with Gasteiger partial charge in [-0.25, -0.2) is 4.79 Å². The highest BCUT2D eigenvalue weighted by Crippen LogP contribution is 2.48. The second kappa shape index (κ2) is 12.0. The third-order valence-corrected chi connectivity index (χ3v) is 18.3. The molecule has 3 heterocycles. The first-order valence-corrected chi connectivity index (χ1v) is 18.1. The van der Waals surface area contributed by atoms with E-state index in [9.17, 15) is 14.7 Å². The van der Waals surface area contributed by atoms with Gasteiger partial charge in [0.2, 0.25) is 0 Å². The molecule has 0 spiro atoms. The Hall–Kier alpha value is -2.20. The van der Waals surface area contributed by atoms with Crippen LogP contribution in [0.25, 0.3) is 0 Å². The van der Waals surface area contributed by atoms with E-state index in [2.05, 4.69) is 65.7 Å². The monoisotopic (exact) mass is 589 g/mol. The molecule has 2 aromatic rings. The molecule has 10 nitrogen and oxygen atoms in total. The van der Waals surface area contributed by atoms with Crippen LogP contribution in [0, 0.1) is 0 Å². The fourth-order valence-electron chi connectivity index (χ4n) is 5.82. The van der Waals surface area contributed by atoms with Gasteiger partial charge in [-0.05, 0) is 40.4 Å². The zero-order chi connectivity index (χ0) is 29.4. The van der Waals surface area contributed by atoms with Crippen LogP contribution in [0.4, 0.5) is 5.82 Å². The molecule has 1 aromatic heterocycles. The normalized spacial score (nSPS) is 26.1. The van der Waals surface area contributed by atoms with Crippen molar-refractivity contribution >= 4 is 28.8 Å². The Morgan fingerprint density at radius 2 is 1.57 bits per heavy atom. The zero-order valence-electron chi connectivity index (χ0n) is 24.7.